The molecule has 0 heterocycles. The van der Waals surface area contributed by atoms with Crippen molar-refractivity contribution in [3.8, 4) is 0 Å². The van der Waals surface area contributed by atoms with E-state index in [1.165, 1.54) is 12.1 Å². The van der Waals surface area contributed by atoms with Crippen LogP contribution < -0.4 is 5.46 Å². The number of halogens is 1. The Morgan fingerprint density at radius 3 is 2.65 bits per heavy atom. The largest absolute Gasteiger partial charge is 0.488 e. The number of hydrogen-bond donors (Lipinski definition) is 2. The monoisotopic (exact) mass is 240 g/mol. The molecular weight excluding hydrogens is 222 g/mol. The molecular formula is C12H18BFO3. The van der Waals surface area contributed by atoms with Crippen LogP contribution in [0.2, 0.25) is 0 Å². The minimum absolute atomic E-state index is 0.150. The summed E-state index contributed by atoms with van der Waals surface area (Å²) in [7, 11) is -1.65. The molecule has 0 spiro atoms. The van der Waals surface area contributed by atoms with E-state index in [0.717, 1.165) is 25.3 Å². The molecule has 0 atom stereocenters. The van der Waals surface area contributed by atoms with Gasteiger partial charge in [0, 0.05) is 6.61 Å². The predicted octanol–water partition coefficient (Wildman–Crippen LogP) is 1.21. The van der Waals surface area contributed by atoms with Gasteiger partial charge in [-0.25, -0.2) is 4.39 Å². The van der Waals surface area contributed by atoms with Crippen LogP contribution in [-0.2, 0) is 11.3 Å². The highest BCUT2D eigenvalue weighted by Gasteiger charge is 2.13. The van der Waals surface area contributed by atoms with Gasteiger partial charge in [0.15, 0.2) is 0 Å². The highest BCUT2D eigenvalue weighted by Crippen LogP contribution is 2.05. The van der Waals surface area contributed by atoms with E-state index in [-0.39, 0.29) is 5.46 Å². The first-order valence-electron chi connectivity index (χ1n) is 5.86. The summed E-state index contributed by atoms with van der Waals surface area (Å²) in [4.78, 5) is 0. The van der Waals surface area contributed by atoms with Gasteiger partial charge in [-0.3, -0.25) is 0 Å². The Kier molecular flexibility index (Phi) is 6.18. The zero-order valence-electron chi connectivity index (χ0n) is 10.0. The topological polar surface area (TPSA) is 49.7 Å². The average molecular weight is 240 g/mol. The quantitative estimate of drug-likeness (QED) is 0.556. The van der Waals surface area contributed by atoms with Crippen molar-refractivity contribution in [3.63, 3.8) is 0 Å². The zero-order chi connectivity index (χ0) is 12.7. The van der Waals surface area contributed by atoms with Crippen LogP contribution in [-0.4, -0.2) is 23.8 Å². The lowest BCUT2D eigenvalue weighted by Crippen LogP contribution is -2.30. The molecule has 0 aliphatic carbocycles. The van der Waals surface area contributed by atoms with Gasteiger partial charge in [0.05, 0.1) is 6.61 Å². The smallest absolute Gasteiger partial charge is 0.423 e. The SMILES string of the molecule is CCCCCOCc1cc(F)cc(B(O)O)c1. The molecule has 1 aromatic carbocycles. The third kappa shape index (κ3) is 5.30. The van der Waals surface area contributed by atoms with Gasteiger partial charge in [-0.05, 0) is 29.6 Å². The Hall–Kier alpha value is -0.905. The van der Waals surface area contributed by atoms with E-state index in [4.69, 9.17) is 14.8 Å². The third-order valence-corrected chi connectivity index (χ3v) is 2.44. The van der Waals surface area contributed by atoms with Crippen LogP contribution in [0.25, 0.3) is 0 Å². The fraction of sp³-hybridized carbons (Fsp3) is 0.500. The molecule has 0 unspecified atom stereocenters. The summed E-state index contributed by atoms with van der Waals surface area (Å²) in [6, 6.07) is 3.98. The van der Waals surface area contributed by atoms with Crippen molar-refractivity contribution in [1.29, 1.82) is 0 Å². The van der Waals surface area contributed by atoms with Gasteiger partial charge in [0.25, 0.3) is 0 Å². The van der Waals surface area contributed by atoms with Crippen LogP contribution >= 0.6 is 0 Å². The normalized spacial score (nSPS) is 10.6. The molecule has 0 saturated heterocycles. The Labute approximate surface area is 101 Å². The summed E-state index contributed by atoms with van der Waals surface area (Å²) in [6.07, 6.45) is 3.23. The summed E-state index contributed by atoms with van der Waals surface area (Å²) >= 11 is 0. The highest BCUT2D eigenvalue weighted by molar-refractivity contribution is 6.58. The number of benzene rings is 1. The molecule has 94 valence electrons. The van der Waals surface area contributed by atoms with Crippen molar-refractivity contribution >= 4 is 12.6 Å². The van der Waals surface area contributed by atoms with E-state index in [1.807, 2.05) is 0 Å². The molecule has 1 aromatic rings. The predicted molar refractivity (Wildman–Crippen MR) is 65.4 cm³/mol. The maximum absolute atomic E-state index is 13.1. The maximum atomic E-state index is 13.1. The summed E-state index contributed by atoms with van der Waals surface area (Å²) in [5.74, 6) is -0.484. The molecule has 0 aliphatic heterocycles. The van der Waals surface area contributed by atoms with Crippen LogP contribution in [0.4, 0.5) is 4.39 Å². The van der Waals surface area contributed by atoms with Gasteiger partial charge < -0.3 is 14.8 Å². The molecule has 2 N–H and O–H groups in total. The van der Waals surface area contributed by atoms with Crippen molar-refractivity contribution in [2.75, 3.05) is 6.61 Å². The van der Waals surface area contributed by atoms with Crippen LogP contribution in [0.1, 0.15) is 31.7 Å². The Balaban J connectivity index is 2.47. The van der Waals surface area contributed by atoms with Crippen molar-refractivity contribution in [1.82, 2.24) is 0 Å². The second kappa shape index (κ2) is 7.43. The van der Waals surface area contributed by atoms with Gasteiger partial charge in [0.2, 0.25) is 0 Å². The van der Waals surface area contributed by atoms with Crippen molar-refractivity contribution in [3.05, 3.63) is 29.6 Å². The molecule has 0 saturated carbocycles. The average Bonchev–Trinajstić information content (AvgIpc) is 2.28. The number of unbranched alkanes of at least 4 members (excludes halogenated alkanes) is 2. The second-order valence-electron chi connectivity index (χ2n) is 4.03. The van der Waals surface area contributed by atoms with E-state index in [1.54, 1.807) is 0 Å². The first-order chi connectivity index (χ1) is 8.13. The molecule has 0 amide bonds. The summed E-state index contributed by atoms with van der Waals surface area (Å²) in [5, 5.41) is 17.9. The van der Waals surface area contributed by atoms with Gasteiger partial charge in [0.1, 0.15) is 5.82 Å². The van der Waals surface area contributed by atoms with Gasteiger partial charge >= 0.3 is 7.12 Å². The van der Waals surface area contributed by atoms with Gasteiger partial charge in [-0.15, -0.1) is 0 Å². The first kappa shape index (κ1) is 14.2. The lowest BCUT2D eigenvalue weighted by molar-refractivity contribution is 0.117. The molecule has 0 aliphatic rings. The van der Waals surface area contributed by atoms with Crippen molar-refractivity contribution in [2.24, 2.45) is 0 Å². The van der Waals surface area contributed by atoms with Crippen LogP contribution in [0.3, 0.4) is 0 Å². The Bertz CT molecular complexity index is 345. The van der Waals surface area contributed by atoms with Gasteiger partial charge in [-0.2, -0.15) is 0 Å². The molecule has 3 nitrogen and oxygen atoms in total. The van der Waals surface area contributed by atoms with Crippen molar-refractivity contribution < 1.29 is 19.2 Å². The molecule has 0 bridgehead atoms. The van der Waals surface area contributed by atoms with Crippen molar-refractivity contribution in [2.45, 2.75) is 32.8 Å². The summed E-state index contributed by atoms with van der Waals surface area (Å²) in [5.41, 5.74) is 0.766. The van der Waals surface area contributed by atoms with Crippen LogP contribution in [0, 0.1) is 5.82 Å². The third-order valence-electron chi connectivity index (χ3n) is 2.44. The summed E-state index contributed by atoms with van der Waals surface area (Å²) in [6.45, 7) is 3.05. The van der Waals surface area contributed by atoms with Gasteiger partial charge in [-0.1, -0.05) is 25.8 Å². The van der Waals surface area contributed by atoms with E-state index < -0.39 is 12.9 Å². The molecule has 1 rings (SSSR count). The van der Waals surface area contributed by atoms with E-state index in [2.05, 4.69) is 6.92 Å². The van der Waals surface area contributed by atoms with Crippen LogP contribution in [0.5, 0.6) is 0 Å². The fourth-order valence-corrected chi connectivity index (χ4v) is 1.55. The van der Waals surface area contributed by atoms with E-state index in [9.17, 15) is 4.39 Å². The number of rotatable bonds is 7. The molecule has 17 heavy (non-hydrogen) atoms. The summed E-state index contributed by atoms with van der Waals surface area (Å²) < 4.78 is 18.5. The van der Waals surface area contributed by atoms with E-state index >= 15 is 0 Å². The Morgan fingerprint density at radius 1 is 1.24 bits per heavy atom. The first-order valence-corrected chi connectivity index (χ1v) is 5.86. The maximum Gasteiger partial charge on any atom is 0.488 e. The number of hydrogen-bond acceptors (Lipinski definition) is 3. The highest BCUT2D eigenvalue weighted by atomic mass is 19.1. The van der Waals surface area contributed by atoms with Crippen LogP contribution in [0.15, 0.2) is 18.2 Å². The Morgan fingerprint density at radius 2 is 2.00 bits per heavy atom. The molecule has 5 heteroatoms. The minimum atomic E-state index is -1.65. The van der Waals surface area contributed by atoms with E-state index in [0.29, 0.717) is 18.8 Å². The second-order valence-corrected chi connectivity index (χ2v) is 4.03. The fourth-order valence-electron chi connectivity index (χ4n) is 1.55. The lowest BCUT2D eigenvalue weighted by Gasteiger charge is -2.07. The zero-order valence-corrected chi connectivity index (χ0v) is 10.0. The molecule has 0 radical (unpaired) electrons. The standard InChI is InChI=1S/C12H18BFO3/c1-2-3-4-5-17-9-10-6-11(13(15)16)8-12(14)7-10/h6-8,15-16H,2-5,9H2,1H3. The lowest BCUT2D eigenvalue weighted by atomic mass is 9.79. The molecule has 0 fully saturated rings. The number of ether oxygens (including phenoxy) is 1. The minimum Gasteiger partial charge on any atom is -0.423 e. The molecule has 0 aromatic heterocycles.